The van der Waals surface area contributed by atoms with E-state index in [4.69, 9.17) is 0 Å². The van der Waals surface area contributed by atoms with Crippen molar-refractivity contribution in [2.24, 2.45) is 5.92 Å². The molecule has 0 unspecified atom stereocenters. The number of hydrogen-bond acceptors (Lipinski definition) is 3. The van der Waals surface area contributed by atoms with E-state index in [0.717, 1.165) is 24.2 Å². The van der Waals surface area contributed by atoms with E-state index < -0.39 is 0 Å². The van der Waals surface area contributed by atoms with Crippen molar-refractivity contribution in [3.63, 3.8) is 0 Å². The van der Waals surface area contributed by atoms with Crippen molar-refractivity contribution in [3.8, 4) is 0 Å². The van der Waals surface area contributed by atoms with E-state index in [-0.39, 0.29) is 34.4 Å². The number of nitrogens with zero attached hydrogens (tertiary/aromatic N) is 2. The molecule has 28 heavy (non-hydrogen) atoms. The predicted octanol–water partition coefficient (Wildman–Crippen LogP) is 3.34. The SMILES string of the molecule is Cc1ccc(C(=O)N2CC[C@H]3[C@@H](C2)CC(C)(C)N3c2cccc(F)c2)c(=O)[nH]1. The lowest BCUT2D eigenvalue weighted by atomic mass is 9.89. The number of H-pyrrole nitrogens is 1. The molecule has 2 aliphatic heterocycles. The molecule has 1 aromatic heterocycles. The van der Waals surface area contributed by atoms with Crippen molar-refractivity contribution in [2.75, 3.05) is 18.0 Å². The van der Waals surface area contributed by atoms with Crippen LogP contribution in [0.5, 0.6) is 0 Å². The number of anilines is 1. The molecule has 1 amide bonds. The number of carbonyl (C=O) groups excluding carboxylic acids is 1. The molecule has 5 nitrogen and oxygen atoms in total. The van der Waals surface area contributed by atoms with Crippen LogP contribution in [0.4, 0.5) is 10.1 Å². The Hall–Kier alpha value is -2.63. The fraction of sp³-hybridized carbons (Fsp3) is 0.455. The van der Waals surface area contributed by atoms with Crippen LogP contribution in [0.2, 0.25) is 0 Å². The van der Waals surface area contributed by atoms with E-state index in [0.29, 0.717) is 19.0 Å². The summed E-state index contributed by atoms with van der Waals surface area (Å²) in [5.41, 5.74) is 1.38. The highest BCUT2D eigenvalue weighted by molar-refractivity contribution is 5.94. The third kappa shape index (κ3) is 3.21. The highest BCUT2D eigenvalue weighted by Crippen LogP contribution is 2.44. The topological polar surface area (TPSA) is 56.4 Å². The van der Waals surface area contributed by atoms with Crippen LogP contribution in [-0.2, 0) is 0 Å². The molecule has 0 spiro atoms. The van der Waals surface area contributed by atoms with E-state index in [9.17, 15) is 14.0 Å². The van der Waals surface area contributed by atoms with Gasteiger partial charge >= 0.3 is 0 Å². The van der Waals surface area contributed by atoms with Crippen molar-refractivity contribution in [1.29, 1.82) is 0 Å². The van der Waals surface area contributed by atoms with Crippen LogP contribution in [-0.4, -0.2) is 40.5 Å². The van der Waals surface area contributed by atoms with Crippen LogP contribution in [0, 0.1) is 18.7 Å². The predicted molar refractivity (Wildman–Crippen MR) is 107 cm³/mol. The van der Waals surface area contributed by atoms with Crippen LogP contribution in [0.25, 0.3) is 0 Å². The number of rotatable bonds is 2. The molecular weight excluding hydrogens is 357 g/mol. The summed E-state index contributed by atoms with van der Waals surface area (Å²) in [5, 5.41) is 0. The Labute approximate surface area is 164 Å². The number of likely N-dealkylation sites (tertiary alicyclic amines) is 1. The molecular formula is C22H26FN3O2. The smallest absolute Gasteiger partial charge is 0.260 e. The summed E-state index contributed by atoms with van der Waals surface area (Å²) in [6.45, 7) is 7.35. The Kier molecular flexibility index (Phi) is 4.52. The zero-order chi connectivity index (χ0) is 20.1. The highest BCUT2D eigenvalue weighted by Gasteiger charge is 2.48. The zero-order valence-electron chi connectivity index (χ0n) is 16.5. The van der Waals surface area contributed by atoms with E-state index >= 15 is 0 Å². The lowest BCUT2D eigenvalue weighted by Crippen LogP contribution is -2.50. The second-order valence-electron chi connectivity index (χ2n) is 8.62. The number of aryl methyl sites for hydroxylation is 1. The quantitative estimate of drug-likeness (QED) is 0.865. The standard InChI is InChI=1S/C22H26FN3O2/c1-14-7-8-18(20(27)24-14)21(28)25-10-9-19-15(13-25)12-22(2,3)26(19)17-6-4-5-16(23)11-17/h4-8,11,15,19H,9-10,12-13H2,1-3H3,(H,24,27)/t15-,19+/m1/s1. The third-order valence-corrected chi connectivity index (χ3v) is 6.10. The van der Waals surface area contributed by atoms with Gasteiger partial charge in [0, 0.05) is 36.1 Å². The maximum absolute atomic E-state index is 13.8. The first-order chi connectivity index (χ1) is 13.3. The molecule has 3 heterocycles. The molecule has 4 rings (SSSR count). The molecule has 2 atom stereocenters. The van der Waals surface area contributed by atoms with Gasteiger partial charge in [-0.15, -0.1) is 0 Å². The van der Waals surface area contributed by atoms with E-state index in [2.05, 4.69) is 23.7 Å². The summed E-state index contributed by atoms with van der Waals surface area (Å²) in [6, 6.07) is 10.4. The minimum atomic E-state index is -0.333. The van der Waals surface area contributed by atoms with Gasteiger partial charge in [-0.3, -0.25) is 9.59 Å². The Bertz CT molecular complexity index is 968. The Morgan fingerprint density at radius 1 is 1.25 bits per heavy atom. The zero-order valence-corrected chi connectivity index (χ0v) is 16.5. The number of nitrogens with one attached hydrogen (secondary N) is 1. The van der Waals surface area contributed by atoms with Crippen LogP contribution in [0.15, 0.2) is 41.2 Å². The number of carbonyl (C=O) groups is 1. The second-order valence-corrected chi connectivity index (χ2v) is 8.62. The molecule has 2 aromatic rings. The summed E-state index contributed by atoms with van der Waals surface area (Å²) in [7, 11) is 0. The van der Waals surface area contributed by atoms with Gasteiger partial charge in [0.25, 0.3) is 11.5 Å². The van der Waals surface area contributed by atoms with Crippen LogP contribution in [0.1, 0.15) is 42.7 Å². The number of hydrogen-bond donors (Lipinski definition) is 1. The maximum atomic E-state index is 13.8. The fourth-order valence-corrected chi connectivity index (χ4v) is 5.01. The third-order valence-electron chi connectivity index (χ3n) is 6.10. The minimum Gasteiger partial charge on any atom is -0.363 e. The van der Waals surface area contributed by atoms with Gasteiger partial charge < -0.3 is 14.8 Å². The van der Waals surface area contributed by atoms with E-state index in [1.54, 1.807) is 36.1 Å². The number of fused-ring (bicyclic) bond motifs is 1. The first-order valence-electron chi connectivity index (χ1n) is 9.80. The lowest BCUT2D eigenvalue weighted by molar-refractivity contribution is 0.0665. The van der Waals surface area contributed by atoms with Gasteiger partial charge in [0.1, 0.15) is 11.4 Å². The number of pyridine rings is 1. The van der Waals surface area contributed by atoms with Crippen molar-refractivity contribution >= 4 is 11.6 Å². The molecule has 0 bridgehead atoms. The van der Waals surface area contributed by atoms with Gasteiger partial charge in [-0.1, -0.05) is 6.07 Å². The first kappa shape index (κ1) is 18.7. The Balaban J connectivity index is 1.57. The summed E-state index contributed by atoms with van der Waals surface area (Å²) in [4.78, 5) is 31.9. The fourth-order valence-electron chi connectivity index (χ4n) is 5.01. The maximum Gasteiger partial charge on any atom is 0.260 e. The molecule has 148 valence electrons. The van der Waals surface area contributed by atoms with Crippen molar-refractivity contribution in [2.45, 2.75) is 45.2 Å². The van der Waals surface area contributed by atoms with Crippen LogP contribution < -0.4 is 10.5 Å². The summed E-state index contributed by atoms with van der Waals surface area (Å²) < 4.78 is 13.8. The minimum absolute atomic E-state index is 0.122. The number of halogens is 1. The van der Waals surface area contributed by atoms with Gasteiger partial charge in [-0.25, -0.2) is 4.39 Å². The normalized spacial score (nSPS) is 23.6. The van der Waals surface area contributed by atoms with Gasteiger partial charge in [0.2, 0.25) is 0 Å². The Morgan fingerprint density at radius 2 is 2.04 bits per heavy atom. The van der Waals surface area contributed by atoms with Gasteiger partial charge in [-0.05, 0) is 69.9 Å². The number of benzene rings is 1. The number of aromatic amines is 1. The number of aromatic nitrogens is 1. The lowest BCUT2D eigenvalue weighted by Gasteiger charge is -2.41. The first-order valence-corrected chi connectivity index (χ1v) is 9.80. The summed E-state index contributed by atoms with van der Waals surface area (Å²) in [6.07, 6.45) is 1.72. The molecule has 0 aliphatic carbocycles. The molecule has 6 heteroatoms. The average Bonchev–Trinajstić information content (AvgIpc) is 2.90. The van der Waals surface area contributed by atoms with Gasteiger partial charge in [0.05, 0.1) is 0 Å². The van der Waals surface area contributed by atoms with Crippen molar-refractivity contribution in [3.05, 3.63) is 63.8 Å². The van der Waals surface area contributed by atoms with Crippen LogP contribution in [0.3, 0.4) is 0 Å². The molecule has 2 saturated heterocycles. The molecule has 1 aromatic carbocycles. The molecule has 2 fully saturated rings. The highest BCUT2D eigenvalue weighted by atomic mass is 19.1. The summed E-state index contributed by atoms with van der Waals surface area (Å²) in [5.74, 6) is -0.148. The van der Waals surface area contributed by atoms with Gasteiger partial charge in [-0.2, -0.15) is 0 Å². The summed E-state index contributed by atoms with van der Waals surface area (Å²) >= 11 is 0. The molecule has 0 saturated carbocycles. The van der Waals surface area contributed by atoms with Gasteiger partial charge in [0.15, 0.2) is 0 Å². The van der Waals surface area contributed by atoms with Crippen LogP contribution >= 0.6 is 0 Å². The number of piperidine rings is 1. The van der Waals surface area contributed by atoms with E-state index in [1.165, 1.54) is 6.07 Å². The largest absolute Gasteiger partial charge is 0.363 e. The Morgan fingerprint density at radius 3 is 2.75 bits per heavy atom. The monoisotopic (exact) mass is 383 g/mol. The van der Waals surface area contributed by atoms with Crippen molar-refractivity contribution in [1.82, 2.24) is 9.88 Å². The second kappa shape index (κ2) is 6.76. The molecule has 1 N–H and O–H groups in total. The van der Waals surface area contributed by atoms with E-state index in [1.807, 2.05) is 6.07 Å². The van der Waals surface area contributed by atoms with Crippen molar-refractivity contribution < 1.29 is 9.18 Å². The molecule has 0 radical (unpaired) electrons. The molecule has 2 aliphatic rings. The number of amides is 1. The average molecular weight is 383 g/mol.